The molecule has 0 spiro atoms. The quantitative estimate of drug-likeness (QED) is 0.928. The van der Waals surface area contributed by atoms with E-state index in [9.17, 15) is 4.79 Å². The van der Waals surface area contributed by atoms with E-state index in [-0.39, 0.29) is 12.1 Å². The largest absolute Gasteiger partial charge is 0.450 e. The SMILES string of the molecule is CCOC(=O)N1CCC(NC(C)c2ncc(C)s2)CC1. The number of carbonyl (C=O) groups is 1. The van der Waals surface area contributed by atoms with Crippen LogP contribution in [-0.4, -0.2) is 41.7 Å². The predicted molar refractivity (Wildman–Crippen MR) is 80.0 cm³/mol. The van der Waals surface area contributed by atoms with Gasteiger partial charge in [0.1, 0.15) is 5.01 Å². The van der Waals surface area contributed by atoms with Gasteiger partial charge in [0.25, 0.3) is 0 Å². The van der Waals surface area contributed by atoms with E-state index in [4.69, 9.17) is 4.74 Å². The average molecular weight is 297 g/mol. The van der Waals surface area contributed by atoms with Gasteiger partial charge in [-0.3, -0.25) is 0 Å². The van der Waals surface area contributed by atoms with Crippen molar-refractivity contribution in [2.24, 2.45) is 0 Å². The highest BCUT2D eigenvalue weighted by atomic mass is 32.1. The van der Waals surface area contributed by atoms with Crippen molar-refractivity contribution in [3.63, 3.8) is 0 Å². The lowest BCUT2D eigenvalue weighted by Crippen LogP contribution is -2.45. The van der Waals surface area contributed by atoms with Crippen LogP contribution in [-0.2, 0) is 4.74 Å². The molecular weight excluding hydrogens is 274 g/mol. The van der Waals surface area contributed by atoms with Crippen LogP contribution < -0.4 is 5.32 Å². The van der Waals surface area contributed by atoms with Crippen LogP contribution in [0.4, 0.5) is 4.79 Å². The van der Waals surface area contributed by atoms with E-state index in [1.807, 2.05) is 13.1 Å². The second-order valence-electron chi connectivity index (χ2n) is 5.16. The number of likely N-dealkylation sites (tertiary alicyclic amines) is 1. The van der Waals surface area contributed by atoms with Gasteiger partial charge in [-0.1, -0.05) is 0 Å². The molecule has 0 bridgehead atoms. The summed E-state index contributed by atoms with van der Waals surface area (Å²) >= 11 is 1.74. The topological polar surface area (TPSA) is 54.5 Å². The second kappa shape index (κ2) is 7.04. The van der Waals surface area contributed by atoms with Gasteiger partial charge in [0, 0.05) is 30.2 Å². The second-order valence-corrected chi connectivity index (χ2v) is 6.42. The van der Waals surface area contributed by atoms with E-state index in [1.54, 1.807) is 16.2 Å². The van der Waals surface area contributed by atoms with E-state index >= 15 is 0 Å². The molecule has 1 aliphatic heterocycles. The zero-order valence-electron chi connectivity index (χ0n) is 12.4. The number of amides is 1. The molecular formula is C14H23N3O2S. The minimum absolute atomic E-state index is 0.186. The summed E-state index contributed by atoms with van der Waals surface area (Å²) in [5.74, 6) is 0. The van der Waals surface area contributed by atoms with Gasteiger partial charge in [-0.15, -0.1) is 11.3 Å². The minimum atomic E-state index is -0.186. The lowest BCUT2D eigenvalue weighted by Gasteiger charge is -2.32. The van der Waals surface area contributed by atoms with Crippen molar-refractivity contribution < 1.29 is 9.53 Å². The number of aromatic nitrogens is 1. The maximum absolute atomic E-state index is 11.6. The molecule has 1 saturated heterocycles. The average Bonchev–Trinajstić information content (AvgIpc) is 2.86. The molecule has 1 atom stereocenters. The number of rotatable bonds is 4. The van der Waals surface area contributed by atoms with Gasteiger partial charge >= 0.3 is 6.09 Å². The van der Waals surface area contributed by atoms with Crippen LogP contribution >= 0.6 is 11.3 Å². The first-order valence-electron chi connectivity index (χ1n) is 7.20. The van der Waals surface area contributed by atoms with Gasteiger partial charge in [-0.2, -0.15) is 0 Å². The Balaban J connectivity index is 1.78. The Bertz CT molecular complexity index is 441. The number of thiazole rings is 1. The van der Waals surface area contributed by atoms with Gasteiger partial charge in [-0.05, 0) is 33.6 Å². The van der Waals surface area contributed by atoms with Gasteiger partial charge < -0.3 is 15.0 Å². The molecule has 1 unspecified atom stereocenters. The van der Waals surface area contributed by atoms with Crippen molar-refractivity contribution in [3.05, 3.63) is 16.1 Å². The lowest BCUT2D eigenvalue weighted by molar-refractivity contribution is 0.0943. The highest BCUT2D eigenvalue weighted by Gasteiger charge is 2.25. The van der Waals surface area contributed by atoms with E-state index in [0.29, 0.717) is 12.6 Å². The monoisotopic (exact) mass is 297 g/mol. The fraction of sp³-hybridized carbons (Fsp3) is 0.714. The van der Waals surface area contributed by atoms with E-state index in [0.717, 1.165) is 30.9 Å². The molecule has 1 aromatic heterocycles. The summed E-state index contributed by atoms with van der Waals surface area (Å²) in [6.45, 7) is 8.03. The first-order chi connectivity index (χ1) is 9.60. The Labute approximate surface area is 124 Å². The third kappa shape index (κ3) is 3.93. The molecule has 6 heteroatoms. The zero-order valence-corrected chi connectivity index (χ0v) is 13.2. The highest BCUT2D eigenvalue weighted by Crippen LogP contribution is 2.21. The fourth-order valence-corrected chi connectivity index (χ4v) is 3.23. The van der Waals surface area contributed by atoms with Gasteiger partial charge in [0.15, 0.2) is 0 Å². The van der Waals surface area contributed by atoms with E-state index in [2.05, 4.69) is 24.1 Å². The van der Waals surface area contributed by atoms with E-state index in [1.165, 1.54) is 4.88 Å². The summed E-state index contributed by atoms with van der Waals surface area (Å²) in [5, 5.41) is 4.74. The molecule has 1 fully saturated rings. The molecule has 1 aliphatic rings. The normalized spacial score (nSPS) is 18.1. The zero-order chi connectivity index (χ0) is 14.5. The lowest BCUT2D eigenvalue weighted by atomic mass is 10.0. The summed E-state index contributed by atoms with van der Waals surface area (Å²) in [5.41, 5.74) is 0. The summed E-state index contributed by atoms with van der Waals surface area (Å²) in [6.07, 6.45) is 3.66. The Morgan fingerprint density at radius 2 is 2.30 bits per heavy atom. The molecule has 2 heterocycles. The van der Waals surface area contributed by atoms with Gasteiger partial charge in [-0.25, -0.2) is 9.78 Å². The number of ether oxygens (including phenoxy) is 1. The molecule has 1 amide bonds. The first-order valence-corrected chi connectivity index (χ1v) is 8.02. The van der Waals surface area contributed by atoms with Crippen LogP contribution in [0.5, 0.6) is 0 Å². The highest BCUT2D eigenvalue weighted by molar-refractivity contribution is 7.11. The van der Waals surface area contributed by atoms with Crippen molar-refractivity contribution in [2.75, 3.05) is 19.7 Å². The third-order valence-corrected chi connectivity index (χ3v) is 4.61. The van der Waals surface area contributed by atoms with E-state index < -0.39 is 0 Å². The van der Waals surface area contributed by atoms with Crippen molar-refractivity contribution in [3.8, 4) is 0 Å². The standard InChI is InChI=1S/C14H23N3O2S/c1-4-19-14(18)17-7-5-12(6-8-17)16-11(3)13-15-9-10(2)20-13/h9,11-12,16H,4-8H2,1-3H3. The molecule has 1 N–H and O–H groups in total. The summed E-state index contributed by atoms with van der Waals surface area (Å²) in [4.78, 5) is 19.1. The van der Waals surface area contributed by atoms with Crippen LogP contribution in [0, 0.1) is 6.92 Å². The number of piperidine rings is 1. The molecule has 1 aromatic rings. The molecule has 2 rings (SSSR count). The predicted octanol–water partition coefficient (Wildman–Crippen LogP) is 2.72. The van der Waals surface area contributed by atoms with Gasteiger partial charge in [0.2, 0.25) is 0 Å². The van der Waals surface area contributed by atoms with Crippen molar-refractivity contribution in [1.82, 2.24) is 15.2 Å². The first kappa shape index (κ1) is 15.3. The summed E-state index contributed by atoms with van der Waals surface area (Å²) in [6, 6.07) is 0.715. The third-order valence-electron chi connectivity index (χ3n) is 3.52. The molecule has 0 aromatic carbocycles. The molecule has 20 heavy (non-hydrogen) atoms. The van der Waals surface area contributed by atoms with Crippen molar-refractivity contribution >= 4 is 17.4 Å². The van der Waals surface area contributed by atoms with Crippen LogP contribution in [0.3, 0.4) is 0 Å². The Hall–Kier alpha value is -1.14. The Kier molecular flexibility index (Phi) is 5.37. The number of aryl methyl sites for hydroxylation is 1. The van der Waals surface area contributed by atoms with Crippen LogP contribution in [0.25, 0.3) is 0 Å². The Morgan fingerprint density at radius 1 is 1.60 bits per heavy atom. The molecule has 5 nitrogen and oxygen atoms in total. The van der Waals surface area contributed by atoms with Crippen LogP contribution in [0.1, 0.15) is 42.6 Å². The van der Waals surface area contributed by atoms with Crippen LogP contribution in [0.2, 0.25) is 0 Å². The number of hydrogen-bond acceptors (Lipinski definition) is 5. The number of nitrogens with zero attached hydrogens (tertiary/aromatic N) is 2. The molecule has 0 saturated carbocycles. The molecule has 0 radical (unpaired) electrons. The number of carbonyl (C=O) groups excluding carboxylic acids is 1. The number of hydrogen-bond donors (Lipinski definition) is 1. The summed E-state index contributed by atoms with van der Waals surface area (Å²) in [7, 11) is 0. The summed E-state index contributed by atoms with van der Waals surface area (Å²) < 4.78 is 5.03. The smallest absolute Gasteiger partial charge is 0.409 e. The fourth-order valence-electron chi connectivity index (χ4n) is 2.44. The Morgan fingerprint density at radius 3 is 2.85 bits per heavy atom. The van der Waals surface area contributed by atoms with Gasteiger partial charge in [0.05, 0.1) is 12.6 Å². The maximum Gasteiger partial charge on any atom is 0.409 e. The van der Waals surface area contributed by atoms with Crippen molar-refractivity contribution in [1.29, 1.82) is 0 Å². The number of nitrogens with one attached hydrogen (secondary N) is 1. The molecule has 0 aliphatic carbocycles. The molecule has 112 valence electrons. The van der Waals surface area contributed by atoms with Crippen molar-refractivity contribution in [2.45, 2.75) is 45.7 Å². The van der Waals surface area contributed by atoms with Crippen LogP contribution in [0.15, 0.2) is 6.20 Å². The minimum Gasteiger partial charge on any atom is -0.450 e. The maximum atomic E-state index is 11.6.